The van der Waals surface area contributed by atoms with Gasteiger partial charge in [0.1, 0.15) is 0 Å². The van der Waals surface area contributed by atoms with Crippen LogP contribution in [0.1, 0.15) is 60.3 Å². The summed E-state index contributed by atoms with van der Waals surface area (Å²) >= 11 is 0. The summed E-state index contributed by atoms with van der Waals surface area (Å²) < 4.78 is 0. The minimum atomic E-state index is -1.04. The van der Waals surface area contributed by atoms with E-state index < -0.39 is 16.9 Å². The number of hydrogen-bond donors (Lipinski definition) is 3. The Morgan fingerprint density at radius 2 is 1.81 bits per heavy atom. The summed E-state index contributed by atoms with van der Waals surface area (Å²) in [5.41, 5.74) is -1.87. The standard InChI is InChI=1S/C16H30N2O3/c1-11-7-6-8-12(9-11)10-17-14(21)18-16(4,5)15(2,3)13(19)20/h11-12H,6-10H2,1-5H3,(H,19,20)(H2,17,18,21). The van der Waals surface area contributed by atoms with Gasteiger partial charge in [0, 0.05) is 6.54 Å². The van der Waals surface area contributed by atoms with E-state index >= 15 is 0 Å². The van der Waals surface area contributed by atoms with Crippen molar-refractivity contribution >= 4 is 12.0 Å². The van der Waals surface area contributed by atoms with Gasteiger partial charge < -0.3 is 15.7 Å². The molecular weight excluding hydrogens is 268 g/mol. The van der Waals surface area contributed by atoms with Crippen molar-refractivity contribution in [1.29, 1.82) is 0 Å². The second-order valence-electron chi connectivity index (χ2n) is 7.53. The van der Waals surface area contributed by atoms with Crippen LogP contribution in [0.15, 0.2) is 0 Å². The summed E-state index contributed by atoms with van der Waals surface area (Å²) in [6, 6.07) is -0.285. The summed E-state index contributed by atoms with van der Waals surface area (Å²) in [6.45, 7) is 9.65. The normalized spacial score (nSPS) is 23.5. The van der Waals surface area contributed by atoms with Crippen LogP contribution in [0, 0.1) is 17.3 Å². The molecule has 1 fully saturated rings. The molecular formula is C16H30N2O3. The fourth-order valence-electron chi connectivity index (χ4n) is 2.73. The molecule has 2 amide bonds. The van der Waals surface area contributed by atoms with Crippen LogP contribution < -0.4 is 10.6 Å². The molecule has 2 unspecified atom stereocenters. The average Bonchev–Trinajstić information content (AvgIpc) is 2.35. The first-order valence-electron chi connectivity index (χ1n) is 7.85. The molecule has 1 aliphatic rings. The molecule has 0 aromatic heterocycles. The molecule has 1 saturated carbocycles. The second kappa shape index (κ2) is 6.67. The molecule has 0 aliphatic heterocycles. The number of carboxylic acid groups (broad SMARTS) is 1. The molecule has 0 aromatic carbocycles. The molecule has 0 saturated heterocycles. The lowest BCUT2D eigenvalue weighted by Gasteiger charge is -2.38. The highest BCUT2D eigenvalue weighted by Crippen LogP contribution is 2.31. The van der Waals surface area contributed by atoms with Crippen LogP contribution in [0.4, 0.5) is 4.79 Å². The van der Waals surface area contributed by atoms with Crippen molar-refractivity contribution in [2.24, 2.45) is 17.3 Å². The Bertz CT molecular complexity index is 391. The van der Waals surface area contributed by atoms with Gasteiger partial charge >= 0.3 is 12.0 Å². The van der Waals surface area contributed by atoms with E-state index in [0.717, 1.165) is 18.8 Å². The van der Waals surface area contributed by atoms with Gasteiger partial charge in [-0.3, -0.25) is 4.79 Å². The first-order chi connectivity index (χ1) is 9.56. The van der Waals surface area contributed by atoms with Crippen molar-refractivity contribution in [3.8, 4) is 0 Å². The van der Waals surface area contributed by atoms with Crippen LogP contribution in [0.25, 0.3) is 0 Å². The minimum absolute atomic E-state index is 0.285. The van der Waals surface area contributed by atoms with Crippen molar-refractivity contribution < 1.29 is 14.7 Å². The summed E-state index contributed by atoms with van der Waals surface area (Å²) in [5, 5.41) is 15.0. The number of carboxylic acids is 1. The number of hydrogen-bond acceptors (Lipinski definition) is 2. The van der Waals surface area contributed by atoms with Gasteiger partial charge in [0.25, 0.3) is 0 Å². The van der Waals surface area contributed by atoms with Crippen LogP contribution in [0.3, 0.4) is 0 Å². The Kier molecular flexibility index (Phi) is 5.65. The molecule has 1 rings (SSSR count). The molecule has 122 valence electrons. The number of amides is 2. The Hall–Kier alpha value is -1.26. The van der Waals surface area contributed by atoms with Crippen molar-refractivity contribution in [2.75, 3.05) is 6.54 Å². The topological polar surface area (TPSA) is 78.4 Å². The minimum Gasteiger partial charge on any atom is -0.481 e. The number of aliphatic carboxylic acids is 1. The molecule has 2 atom stereocenters. The van der Waals surface area contributed by atoms with E-state index in [4.69, 9.17) is 0 Å². The molecule has 0 bridgehead atoms. The number of carbonyl (C=O) groups is 2. The van der Waals surface area contributed by atoms with E-state index in [1.54, 1.807) is 27.7 Å². The lowest BCUT2D eigenvalue weighted by Crippen LogP contribution is -2.59. The Morgan fingerprint density at radius 3 is 2.33 bits per heavy atom. The lowest BCUT2D eigenvalue weighted by molar-refractivity contribution is -0.150. The number of nitrogens with one attached hydrogen (secondary N) is 2. The van der Waals surface area contributed by atoms with E-state index in [-0.39, 0.29) is 6.03 Å². The van der Waals surface area contributed by atoms with E-state index in [1.807, 2.05) is 0 Å². The molecule has 0 aromatic rings. The van der Waals surface area contributed by atoms with Gasteiger partial charge in [0.05, 0.1) is 11.0 Å². The average molecular weight is 298 g/mol. The molecule has 3 N–H and O–H groups in total. The zero-order valence-corrected chi connectivity index (χ0v) is 14.0. The lowest BCUT2D eigenvalue weighted by atomic mass is 9.74. The van der Waals surface area contributed by atoms with E-state index in [2.05, 4.69) is 17.6 Å². The third-order valence-corrected chi connectivity index (χ3v) is 5.12. The number of carbonyl (C=O) groups excluding carboxylic acids is 1. The third-order valence-electron chi connectivity index (χ3n) is 5.12. The maximum Gasteiger partial charge on any atom is 0.315 e. The highest BCUT2D eigenvalue weighted by atomic mass is 16.4. The van der Waals surface area contributed by atoms with Crippen LogP contribution in [-0.2, 0) is 4.79 Å². The molecule has 21 heavy (non-hydrogen) atoms. The first kappa shape index (κ1) is 17.8. The Labute approximate surface area is 127 Å². The zero-order chi connectivity index (χ0) is 16.3. The highest BCUT2D eigenvalue weighted by Gasteiger charge is 2.44. The van der Waals surface area contributed by atoms with Crippen molar-refractivity contribution in [3.63, 3.8) is 0 Å². The van der Waals surface area contributed by atoms with Crippen LogP contribution in [0.2, 0.25) is 0 Å². The quantitative estimate of drug-likeness (QED) is 0.730. The first-order valence-corrected chi connectivity index (χ1v) is 7.85. The van der Waals surface area contributed by atoms with Gasteiger partial charge in [-0.2, -0.15) is 0 Å². The Balaban J connectivity index is 2.47. The summed E-state index contributed by atoms with van der Waals surface area (Å²) in [7, 11) is 0. The van der Waals surface area contributed by atoms with Crippen molar-refractivity contribution in [1.82, 2.24) is 10.6 Å². The fraction of sp³-hybridized carbons (Fsp3) is 0.875. The van der Waals surface area contributed by atoms with Crippen LogP contribution in [0.5, 0.6) is 0 Å². The van der Waals surface area contributed by atoms with Gasteiger partial charge in [0.2, 0.25) is 0 Å². The fourth-order valence-corrected chi connectivity index (χ4v) is 2.73. The highest BCUT2D eigenvalue weighted by molar-refractivity contribution is 5.79. The maximum atomic E-state index is 12.0. The van der Waals surface area contributed by atoms with Crippen molar-refractivity contribution in [2.45, 2.75) is 65.8 Å². The van der Waals surface area contributed by atoms with E-state index in [9.17, 15) is 14.7 Å². The zero-order valence-electron chi connectivity index (χ0n) is 14.0. The molecule has 0 spiro atoms. The van der Waals surface area contributed by atoms with E-state index in [1.165, 1.54) is 12.8 Å². The largest absolute Gasteiger partial charge is 0.481 e. The van der Waals surface area contributed by atoms with Crippen LogP contribution >= 0.6 is 0 Å². The SMILES string of the molecule is CC1CCCC(CNC(=O)NC(C)(C)C(C)(C)C(=O)O)C1. The van der Waals surface area contributed by atoms with Gasteiger partial charge in [-0.05, 0) is 52.4 Å². The monoisotopic (exact) mass is 298 g/mol. The second-order valence-corrected chi connectivity index (χ2v) is 7.53. The Morgan fingerprint density at radius 1 is 1.19 bits per heavy atom. The summed E-state index contributed by atoms with van der Waals surface area (Å²) in [4.78, 5) is 23.4. The molecule has 0 heterocycles. The van der Waals surface area contributed by atoms with Crippen LogP contribution in [-0.4, -0.2) is 29.2 Å². The smallest absolute Gasteiger partial charge is 0.315 e. The number of rotatable bonds is 5. The molecule has 5 nitrogen and oxygen atoms in total. The number of urea groups is 1. The maximum absolute atomic E-state index is 12.0. The molecule has 1 aliphatic carbocycles. The van der Waals surface area contributed by atoms with Gasteiger partial charge in [-0.25, -0.2) is 4.79 Å². The third kappa shape index (κ3) is 4.61. The predicted octanol–water partition coefficient (Wildman–Crippen LogP) is 3.00. The van der Waals surface area contributed by atoms with Gasteiger partial charge in [0.15, 0.2) is 0 Å². The van der Waals surface area contributed by atoms with Gasteiger partial charge in [-0.1, -0.05) is 19.8 Å². The summed E-state index contributed by atoms with van der Waals surface area (Å²) in [5.74, 6) is 0.347. The van der Waals surface area contributed by atoms with E-state index in [0.29, 0.717) is 12.5 Å². The summed E-state index contributed by atoms with van der Waals surface area (Å²) in [6.07, 6.45) is 4.83. The van der Waals surface area contributed by atoms with Gasteiger partial charge in [-0.15, -0.1) is 0 Å². The molecule has 5 heteroatoms. The molecule has 0 radical (unpaired) electrons. The van der Waals surface area contributed by atoms with Crippen molar-refractivity contribution in [3.05, 3.63) is 0 Å². The predicted molar refractivity (Wildman–Crippen MR) is 83.2 cm³/mol.